The summed E-state index contributed by atoms with van der Waals surface area (Å²) in [6, 6.07) is 9.39. The molecule has 0 spiro atoms. The van der Waals surface area contributed by atoms with Crippen LogP contribution in [0.5, 0.6) is 11.5 Å². The Morgan fingerprint density at radius 3 is 2.48 bits per heavy atom. The number of ketones is 2. The molecule has 10 heteroatoms. The van der Waals surface area contributed by atoms with E-state index in [2.05, 4.69) is 5.32 Å². The van der Waals surface area contributed by atoms with E-state index in [1.165, 1.54) is 0 Å². The minimum absolute atomic E-state index is 0.0325. The Kier molecular flexibility index (Phi) is 6.93. The van der Waals surface area contributed by atoms with Crippen LogP contribution in [0.3, 0.4) is 0 Å². The lowest BCUT2D eigenvalue weighted by Gasteiger charge is -2.45. The number of hydrogen-bond acceptors (Lipinski definition) is 9. The highest BCUT2D eigenvalue weighted by Crippen LogP contribution is 2.52. The van der Waals surface area contributed by atoms with E-state index in [0.717, 1.165) is 16.9 Å². The molecule has 210 valence electrons. The summed E-state index contributed by atoms with van der Waals surface area (Å²) in [5, 5.41) is 47.5. The fourth-order valence-electron chi connectivity index (χ4n) is 6.46. The van der Waals surface area contributed by atoms with Gasteiger partial charge in [0.25, 0.3) is 5.91 Å². The third kappa shape index (κ3) is 4.06. The molecule has 0 unspecified atom stereocenters. The first-order valence-electron chi connectivity index (χ1n) is 13.2. The van der Waals surface area contributed by atoms with Gasteiger partial charge in [-0.1, -0.05) is 31.2 Å². The fourth-order valence-corrected chi connectivity index (χ4v) is 6.46. The number of aromatic hydroxyl groups is 1. The number of hydrogen-bond donors (Lipinski definition) is 6. The summed E-state index contributed by atoms with van der Waals surface area (Å²) in [5.74, 6) is -5.56. The number of para-hydroxylation sites is 1. The van der Waals surface area contributed by atoms with Gasteiger partial charge in [-0.2, -0.15) is 0 Å². The van der Waals surface area contributed by atoms with Crippen LogP contribution in [0.1, 0.15) is 52.4 Å². The average molecular weight is 549 g/mol. The number of nitrogens with one attached hydrogen (secondary N) is 1. The highest BCUT2D eigenvalue weighted by Gasteiger charge is 2.59. The number of benzene rings is 2. The Morgan fingerprint density at radius 2 is 1.80 bits per heavy atom. The summed E-state index contributed by atoms with van der Waals surface area (Å²) in [7, 11) is 1.59. The first-order valence-corrected chi connectivity index (χ1v) is 13.2. The second-order valence-electron chi connectivity index (χ2n) is 10.6. The predicted molar refractivity (Wildman–Crippen MR) is 144 cm³/mol. The number of methoxy groups -OCH3 is 1. The van der Waals surface area contributed by atoms with Crippen molar-refractivity contribution in [3.63, 3.8) is 0 Å². The molecule has 2 aromatic rings. The first kappa shape index (κ1) is 27.4. The number of carbonyl (C=O) groups is 3. The van der Waals surface area contributed by atoms with Crippen LogP contribution in [0.25, 0.3) is 0 Å². The SMILES string of the molecule is CCc1cc(CNCc2ccccc2OC)c(O)c2c1C[C@H]1C[C@H]3CC(O)=C(C(N)=O)C(=O)[C@@]3(O)C(O)=C1C2=O. The number of phenolic OH excluding ortho intramolecular Hbond substituents is 1. The summed E-state index contributed by atoms with van der Waals surface area (Å²) < 4.78 is 5.39. The van der Waals surface area contributed by atoms with E-state index in [0.29, 0.717) is 30.5 Å². The van der Waals surface area contributed by atoms with Crippen molar-refractivity contribution >= 4 is 17.5 Å². The largest absolute Gasteiger partial charge is 0.511 e. The van der Waals surface area contributed by atoms with Gasteiger partial charge in [0.2, 0.25) is 5.78 Å². The topological polar surface area (TPSA) is 179 Å². The van der Waals surface area contributed by atoms with Crippen LogP contribution in [0, 0.1) is 11.8 Å². The Balaban J connectivity index is 1.52. The number of carbonyl (C=O) groups excluding carboxylic acids is 3. The number of primary amides is 1. The Bertz CT molecular complexity index is 1510. The van der Waals surface area contributed by atoms with Crippen LogP contribution in [0.4, 0.5) is 0 Å². The van der Waals surface area contributed by atoms with Gasteiger partial charge in [-0.25, -0.2) is 0 Å². The molecule has 7 N–H and O–H groups in total. The van der Waals surface area contributed by atoms with Crippen molar-refractivity contribution in [1.82, 2.24) is 5.32 Å². The van der Waals surface area contributed by atoms with E-state index in [-0.39, 0.29) is 36.3 Å². The Morgan fingerprint density at radius 1 is 1.10 bits per heavy atom. The molecule has 3 atom stereocenters. The molecule has 40 heavy (non-hydrogen) atoms. The van der Waals surface area contributed by atoms with Gasteiger partial charge < -0.3 is 36.2 Å². The van der Waals surface area contributed by atoms with Crippen molar-refractivity contribution in [3.8, 4) is 11.5 Å². The zero-order valence-electron chi connectivity index (χ0n) is 22.3. The van der Waals surface area contributed by atoms with E-state index in [9.17, 15) is 34.8 Å². The molecule has 10 nitrogen and oxygen atoms in total. The number of Topliss-reactive ketones (excluding diaryl/α,β-unsaturated/α-hetero) is 2. The van der Waals surface area contributed by atoms with Crippen molar-refractivity contribution in [2.45, 2.75) is 51.3 Å². The summed E-state index contributed by atoms with van der Waals surface area (Å²) in [4.78, 5) is 38.9. The number of nitrogens with two attached hydrogens (primary N) is 1. The van der Waals surface area contributed by atoms with Gasteiger partial charge in [0.05, 0.1) is 12.7 Å². The number of phenols is 1. The Hall–Kier alpha value is -4.15. The molecule has 0 saturated heterocycles. The molecule has 3 aliphatic carbocycles. The highest BCUT2D eigenvalue weighted by molar-refractivity contribution is 6.24. The maximum atomic E-state index is 13.9. The molecule has 0 saturated carbocycles. The second-order valence-corrected chi connectivity index (χ2v) is 10.6. The molecule has 0 heterocycles. The van der Waals surface area contributed by atoms with Gasteiger partial charge in [0, 0.05) is 42.1 Å². The van der Waals surface area contributed by atoms with E-state index >= 15 is 0 Å². The van der Waals surface area contributed by atoms with Crippen LogP contribution in [-0.2, 0) is 35.5 Å². The van der Waals surface area contributed by atoms with Gasteiger partial charge in [-0.15, -0.1) is 0 Å². The molecule has 0 fully saturated rings. The van der Waals surface area contributed by atoms with Crippen molar-refractivity contribution in [1.29, 1.82) is 0 Å². The average Bonchev–Trinajstić information content (AvgIpc) is 2.92. The lowest BCUT2D eigenvalue weighted by atomic mass is 9.60. The number of amides is 1. The Labute approximate surface area is 230 Å². The maximum absolute atomic E-state index is 13.9. The van der Waals surface area contributed by atoms with Gasteiger partial charge in [0.1, 0.15) is 28.6 Å². The molecule has 0 aliphatic heterocycles. The molecule has 0 radical (unpaired) electrons. The quantitative estimate of drug-likeness (QED) is 0.283. The van der Waals surface area contributed by atoms with Crippen molar-refractivity contribution in [2.75, 3.05) is 7.11 Å². The van der Waals surface area contributed by atoms with Crippen molar-refractivity contribution in [2.24, 2.45) is 17.6 Å². The lowest BCUT2D eigenvalue weighted by molar-refractivity contribution is -0.144. The summed E-state index contributed by atoms with van der Waals surface area (Å²) in [6.07, 6.45) is 0.734. The van der Waals surface area contributed by atoms with E-state index in [1.807, 2.05) is 37.3 Å². The standard InChI is InChI=1S/C30H32N2O8/c1-3-14-8-17(13-32-12-15-6-4-5-7-21(15)40-2)25(34)23-19(14)10-16-9-18-11-20(33)24(29(31)38)28(37)30(18,39)27(36)22(16)26(23)35/h4-8,16,18,32-34,36,39H,3,9-13H2,1-2H3,(H2,31,38)/t16-,18+,30+/m1/s1. The molecule has 1 amide bonds. The molecular weight excluding hydrogens is 516 g/mol. The lowest BCUT2D eigenvalue weighted by Crippen LogP contribution is -2.57. The summed E-state index contributed by atoms with van der Waals surface area (Å²) in [6.45, 7) is 2.63. The van der Waals surface area contributed by atoms with E-state index in [4.69, 9.17) is 10.5 Å². The number of aryl methyl sites for hydroxylation is 1. The van der Waals surface area contributed by atoms with E-state index in [1.54, 1.807) is 7.11 Å². The monoisotopic (exact) mass is 548 g/mol. The number of ether oxygens (including phenoxy) is 1. The number of rotatable bonds is 7. The van der Waals surface area contributed by atoms with Gasteiger partial charge in [0.15, 0.2) is 11.4 Å². The van der Waals surface area contributed by atoms with Crippen LogP contribution in [0.15, 0.2) is 53.0 Å². The van der Waals surface area contributed by atoms with Gasteiger partial charge >= 0.3 is 0 Å². The predicted octanol–water partition coefficient (Wildman–Crippen LogP) is 2.44. The third-order valence-electron chi connectivity index (χ3n) is 8.44. The summed E-state index contributed by atoms with van der Waals surface area (Å²) in [5.41, 5.74) is 4.70. The van der Waals surface area contributed by atoms with Gasteiger partial charge in [-0.05, 0) is 42.4 Å². The fraction of sp³-hybridized carbons (Fsp3) is 0.367. The third-order valence-corrected chi connectivity index (χ3v) is 8.44. The van der Waals surface area contributed by atoms with Crippen molar-refractivity contribution in [3.05, 3.63) is 80.8 Å². The summed E-state index contributed by atoms with van der Waals surface area (Å²) >= 11 is 0. The molecule has 3 aliphatic rings. The normalized spacial score (nSPS) is 24.0. The minimum Gasteiger partial charge on any atom is -0.511 e. The number of aliphatic hydroxyl groups is 3. The zero-order valence-corrected chi connectivity index (χ0v) is 22.3. The zero-order chi connectivity index (χ0) is 28.9. The number of aliphatic hydroxyl groups excluding tert-OH is 2. The molecule has 0 aromatic heterocycles. The highest BCUT2D eigenvalue weighted by atomic mass is 16.5. The molecular formula is C30H32N2O8. The smallest absolute Gasteiger partial charge is 0.255 e. The van der Waals surface area contributed by atoms with Crippen LogP contribution in [0.2, 0.25) is 0 Å². The number of fused-ring (bicyclic) bond motifs is 3. The molecule has 2 aromatic carbocycles. The van der Waals surface area contributed by atoms with Gasteiger partial charge in [-0.3, -0.25) is 14.4 Å². The first-order chi connectivity index (χ1) is 19.0. The molecule has 0 bridgehead atoms. The van der Waals surface area contributed by atoms with Crippen LogP contribution < -0.4 is 15.8 Å². The van der Waals surface area contributed by atoms with Crippen LogP contribution in [-0.4, -0.2) is 50.6 Å². The van der Waals surface area contributed by atoms with E-state index < -0.39 is 52.0 Å². The molecule has 5 rings (SSSR count). The van der Waals surface area contributed by atoms with Crippen LogP contribution >= 0.6 is 0 Å². The maximum Gasteiger partial charge on any atom is 0.255 e. The number of allylic oxidation sites excluding steroid dienone is 2. The second kappa shape index (κ2) is 10.1. The van der Waals surface area contributed by atoms with Crippen molar-refractivity contribution < 1.29 is 39.5 Å². The minimum atomic E-state index is -2.58.